The highest BCUT2D eigenvalue weighted by atomic mass is 16.3. The van der Waals surface area contributed by atoms with Crippen molar-refractivity contribution in [2.24, 2.45) is 0 Å². The van der Waals surface area contributed by atoms with Gasteiger partial charge in [0.2, 0.25) is 0 Å². The molecule has 0 aliphatic heterocycles. The van der Waals surface area contributed by atoms with Gasteiger partial charge in [0.1, 0.15) is 5.69 Å². The third kappa shape index (κ3) is 2.64. The lowest BCUT2D eigenvalue weighted by atomic mass is 10.1. The summed E-state index contributed by atoms with van der Waals surface area (Å²) >= 11 is 0. The largest absolute Gasteiger partial charge is 0.394 e. The van der Waals surface area contributed by atoms with Gasteiger partial charge in [-0.05, 0) is 11.5 Å². The van der Waals surface area contributed by atoms with Crippen molar-refractivity contribution >= 4 is 16.7 Å². The van der Waals surface area contributed by atoms with E-state index >= 15 is 0 Å². The standard InChI is InChI=1S/C13H14N2O3/c16-8-10(17)7-15-13(18)12-11-4-2-1-3-9(11)5-6-14-12/h1-6,10,16-17H,7-8H2,(H,15,18). The Kier molecular flexibility index (Phi) is 3.86. The number of aliphatic hydroxyl groups is 2. The molecule has 0 aliphatic rings. The minimum Gasteiger partial charge on any atom is -0.394 e. The molecule has 0 saturated carbocycles. The molecule has 0 radical (unpaired) electrons. The monoisotopic (exact) mass is 246 g/mol. The fraction of sp³-hybridized carbons (Fsp3) is 0.231. The van der Waals surface area contributed by atoms with Crippen LogP contribution < -0.4 is 5.32 Å². The second kappa shape index (κ2) is 5.57. The third-order valence-electron chi connectivity index (χ3n) is 2.60. The lowest BCUT2D eigenvalue weighted by molar-refractivity contribution is 0.0800. The predicted molar refractivity (Wildman–Crippen MR) is 67.2 cm³/mol. The molecule has 1 aromatic heterocycles. The Bertz CT molecular complexity index is 551. The molecule has 0 bridgehead atoms. The quantitative estimate of drug-likeness (QED) is 0.725. The van der Waals surface area contributed by atoms with Crippen molar-refractivity contribution in [1.29, 1.82) is 0 Å². The number of pyridine rings is 1. The van der Waals surface area contributed by atoms with Gasteiger partial charge in [-0.1, -0.05) is 24.3 Å². The van der Waals surface area contributed by atoms with Crippen LogP contribution in [0.15, 0.2) is 36.5 Å². The smallest absolute Gasteiger partial charge is 0.270 e. The van der Waals surface area contributed by atoms with Crippen molar-refractivity contribution in [3.63, 3.8) is 0 Å². The summed E-state index contributed by atoms with van der Waals surface area (Å²) in [6.45, 7) is -0.385. The zero-order chi connectivity index (χ0) is 13.0. The molecular weight excluding hydrogens is 232 g/mol. The molecule has 2 rings (SSSR count). The number of rotatable bonds is 4. The van der Waals surface area contributed by atoms with Gasteiger partial charge < -0.3 is 15.5 Å². The van der Waals surface area contributed by atoms with Gasteiger partial charge in [0.15, 0.2) is 0 Å². The van der Waals surface area contributed by atoms with Crippen molar-refractivity contribution < 1.29 is 15.0 Å². The summed E-state index contributed by atoms with van der Waals surface area (Å²) in [5.41, 5.74) is 0.318. The van der Waals surface area contributed by atoms with Gasteiger partial charge >= 0.3 is 0 Å². The molecule has 2 aromatic rings. The Morgan fingerprint density at radius 2 is 2.11 bits per heavy atom. The van der Waals surface area contributed by atoms with E-state index < -0.39 is 6.10 Å². The van der Waals surface area contributed by atoms with Crippen LogP contribution in [-0.2, 0) is 0 Å². The molecule has 3 N–H and O–H groups in total. The Morgan fingerprint density at radius 3 is 2.89 bits per heavy atom. The molecule has 18 heavy (non-hydrogen) atoms. The van der Waals surface area contributed by atoms with Crippen LogP contribution >= 0.6 is 0 Å². The minimum atomic E-state index is -0.955. The van der Waals surface area contributed by atoms with E-state index in [-0.39, 0.29) is 19.1 Å². The molecular formula is C13H14N2O3. The van der Waals surface area contributed by atoms with Crippen molar-refractivity contribution in [3.05, 3.63) is 42.2 Å². The summed E-state index contributed by atoms with van der Waals surface area (Å²) < 4.78 is 0. The average Bonchev–Trinajstić information content (AvgIpc) is 2.43. The Hall–Kier alpha value is -1.98. The number of nitrogens with zero attached hydrogens (tertiary/aromatic N) is 1. The molecule has 5 heteroatoms. The average molecular weight is 246 g/mol. The van der Waals surface area contributed by atoms with Gasteiger partial charge in [0.25, 0.3) is 5.91 Å². The zero-order valence-electron chi connectivity index (χ0n) is 9.71. The fourth-order valence-electron chi connectivity index (χ4n) is 1.66. The SMILES string of the molecule is O=C(NCC(O)CO)c1nccc2ccccc12. The Balaban J connectivity index is 2.22. The molecule has 0 spiro atoms. The lowest BCUT2D eigenvalue weighted by Gasteiger charge is -2.09. The first-order valence-corrected chi connectivity index (χ1v) is 5.63. The summed E-state index contributed by atoms with van der Waals surface area (Å²) in [7, 11) is 0. The lowest BCUT2D eigenvalue weighted by Crippen LogP contribution is -2.34. The normalized spacial score (nSPS) is 12.3. The number of nitrogens with one attached hydrogen (secondary N) is 1. The van der Waals surface area contributed by atoms with E-state index in [0.717, 1.165) is 10.8 Å². The fourth-order valence-corrected chi connectivity index (χ4v) is 1.66. The van der Waals surface area contributed by atoms with Gasteiger partial charge in [0, 0.05) is 18.1 Å². The number of carbonyl (C=O) groups excluding carboxylic acids is 1. The van der Waals surface area contributed by atoms with E-state index in [4.69, 9.17) is 5.11 Å². The van der Waals surface area contributed by atoms with Crippen LogP contribution in [0.4, 0.5) is 0 Å². The second-order valence-corrected chi connectivity index (χ2v) is 3.93. The van der Waals surface area contributed by atoms with Gasteiger partial charge in [-0.25, -0.2) is 0 Å². The maximum Gasteiger partial charge on any atom is 0.270 e. The molecule has 1 heterocycles. The number of amides is 1. The molecule has 1 aromatic carbocycles. The van der Waals surface area contributed by atoms with Crippen LogP contribution in [0, 0.1) is 0 Å². The first-order valence-electron chi connectivity index (χ1n) is 5.63. The van der Waals surface area contributed by atoms with Crippen LogP contribution in [0.2, 0.25) is 0 Å². The van der Waals surface area contributed by atoms with E-state index in [0.29, 0.717) is 5.69 Å². The molecule has 5 nitrogen and oxygen atoms in total. The van der Waals surface area contributed by atoms with Crippen LogP contribution in [0.1, 0.15) is 10.5 Å². The highest BCUT2D eigenvalue weighted by molar-refractivity contribution is 6.05. The number of benzene rings is 1. The summed E-state index contributed by atoms with van der Waals surface area (Å²) in [6, 6.07) is 9.27. The number of hydrogen-bond acceptors (Lipinski definition) is 4. The highest BCUT2D eigenvalue weighted by Gasteiger charge is 2.12. The summed E-state index contributed by atoms with van der Waals surface area (Å²) in [4.78, 5) is 16.0. The summed E-state index contributed by atoms with van der Waals surface area (Å²) in [5, 5.41) is 22.1. The van der Waals surface area contributed by atoms with Crippen molar-refractivity contribution in [1.82, 2.24) is 10.3 Å². The van der Waals surface area contributed by atoms with Crippen LogP contribution in [0.25, 0.3) is 10.8 Å². The first-order chi connectivity index (χ1) is 8.72. The van der Waals surface area contributed by atoms with Gasteiger partial charge in [0.05, 0.1) is 12.7 Å². The maximum atomic E-state index is 11.9. The van der Waals surface area contributed by atoms with Crippen molar-refractivity contribution in [2.75, 3.05) is 13.2 Å². The predicted octanol–water partition coefficient (Wildman–Crippen LogP) is 0.318. The molecule has 1 unspecified atom stereocenters. The second-order valence-electron chi connectivity index (χ2n) is 3.93. The summed E-state index contributed by atoms with van der Waals surface area (Å²) in [6.07, 6.45) is 0.614. The van der Waals surface area contributed by atoms with Crippen LogP contribution in [-0.4, -0.2) is 40.4 Å². The van der Waals surface area contributed by atoms with Crippen LogP contribution in [0.5, 0.6) is 0 Å². The molecule has 0 saturated heterocycles. The highest BCUT2D eigenvalue weighted by Crippen LogP contribution is 2.15. The van der Waals surface area contributed by atoms with Gasteiger partial charge in [-0.3, -0.25) is 9.78 Å². The minimum absolute atomic E-state index is 0.000233. The Labute approximate surface area is 104 Å². The molecule has 0 aliphatic carbocycles. The number of aliphatic hydroxyl groups excluding tert-OH is 2. The number of aromatic nitrogens is 1. The molecule has 1 amide bonds. The van der Waals surface area contributed by atoms with E-state index in [1.807, 2.05) is 30.3 Å². The summed E-state index contributed by atoms with van der Waals surface area (Å²) in [5.74, 6) is -0.362. The van der Waals surface area contributed by atoms with Crippen LogP contribution in [0.3, 0.4) is 0 Å². The first kappa shape index (κ1) is 12.5. The number of fused-ring (bicyclic) bond motifs is 1. The Morgan fingerprint density at radius 1 is 1.33 bits per heavy atom. The van der Waals surface area contributed by atoms with Crippen molar-refractivity contribution in [3.8, 4) is 0 Å². The zero-order valence-corrected chi connectivity index (χ0v) is 9.71. The topological polar surface area (TPSA) is 82.5 Å². The molecule has 94 valence electrons. The van der Waals surface area contributed by atoms with E-state index in [9.17, 15) is 9.90 Å². The van der Waals surface area contributed by atoms with E-state index in [2.05, 4.69) is 10.3 Å². The van der Waals surface area contributed by atoms with E-state index in [1.54, 1.807) is 6.20 Å². The number of hydrogen-bond donors (Lipinski definition) is 3. The van der Waals surface area contributed by atoms with Gasteiger partial charge in [-0.2, -0.15) is 0 Å². The van der Waals surface area contributed by atoms with Crippen molar-refractivity contribution in [2.45, 2.75) is 6.10 Å². The van der Waals surface area contributed by atoms with Gasteiger partial charge in [-0.15, -0.1) is 0 Å². The van der Waals surface area contributed by atoms with E-state index in [1.165, 1.54) is 0 Å². The maximum absolute atomic E-state index is 11.9. The third-order valence-corrected chi connectivity index (χ3v) is 2.60. The number of carbonyl (C=O) groups is 1. The molecule has 0 fully saturated rings. The molecule has 1 atom stereocenters.